The van der Waals surface area contributed by atoms with Crippen molar-refractivity contribution in [1.29, 1.82) is 0 Å². The smallest absolute Gasteiger partial charge is 0.293 e. The molecule has 0 saturated carbocycles. The molecule has 0 bridgehead atoms. The first kappa shape index (κ1) is 22.1. The van der Waals surface area contributed by atoms with Crippen LogP contribution in [0, 0.1) is 10.1 Å². The van der Waals surface area contributed by atoms with Crippen LogP contribution in [0.3, 0.4) is 0 Å². The number of nitrogens with zero attached hydrogens (tertiary/aromatic N) is 3. The minimum atomic E-state index is -0.426. The van der Waals surface area contributed by atoms with E-state index in [2.05, 4.69) is 0 Å². The summed E-state index contributed by atoms with van der Waals surface area (Å²) in [5.74, 6) is -0.426. The van der Waals surface area contributed by atoms with Crippen molar-refractivity contribution in [3.8, 4) is 0 Å². The second-order valence-electron chi connectivity index (χ2n) is 6.95. The molecule has 2 heterocycles. The first-order chi connectivity index (χ1) is 15.3. The fourth-order valence-electron chi connectivity index (χ4n) is 3.30. The highest BCUT2D eigenvalue weighted by Crippen LogP contribution is 2.34. The van der Waals surface area contributed by atoms with Gasteiger partial charge in [0.2, 0.25) is 0 Å². The number of carbonyl (C=O) groups excluding carboxylic acids is 2. The highest BCUT2D eigenvalue weighted by molar-refractivity contribution is 8.18. The number of para-hydroxylation sites is 1. The predicted octanol–water partition coefficient (Wildman–Crippen LogP) is 5.99. The van der Waals surface area contributed by atoms with E-state index in [1.54, 1.807) is 65.4 Å². The zero-order chi connectivity index (χ0) is 22.8. The number of nitro benzene ring substituents is 1. The molecule has 0 atom stereocenters. The van der Waals surface area contributed by atoms with Gasteiger partial charge in [0.1, 0.15) is 0 Å². The predicted molar refractivity (Wildman–Crippen MR) is 125 cm³/mol. The zero-order valence-electron chi connectivity index (χ0n) is 16.4. The Kier molecular flexibility index (Phi) is 6.36. The van der Waals surface area contributed by atoms with Crippen LogP contribution in [0.1, 0.15) is 16.8 Å². The average Bonchev–Trinajstić information content (AvgIpc) is 3.29. The van der Waals surface area contributed by atoms with Crippen molar-refractivity contribution >= 4 is 57.9 Å². The van der Waals surface area contributed by atoms with Crippen LogP contribution in [-0.4, -0.2) is 25.5 Å². The SMILES string of the molecule is O=C1S/C(=C/c2cccn2Cc2ccccc2[N+](=O)[O-])C(=O)N1Cc1ccc(Cl)cc1Cl. The second kappa shape index (κ2) is 9.20. The fourth-order valence-corrected chi connectivity index (χ4v) is 4.59. The van der Waals surface area contributed by atoms with Gasteiger partial charge in [-0.3, -0.25) is 24.6 Å². The monoisotopic (exact) mass is 487 g/mol. The van der Waals surface area contributed by atoms with E-state index in [1.165, 1.54) is 6.07 Å². The van der Waals surface area contributed by atoms with Crippen molar-refractivity contribution < 1.29 is 14.5 Å². The lowest BCUT2D eigenvalue weighted by Crippen LogP contribution is -2.27. The number of hydrogen-bond acceptors (Lipinski definition) is 5. The molecule has 1 saturated heterocycles. The van der Waals surface area contributed by atoms with Gasteiger partial charge in [-0.15, -0.1) is 0 Å². The normalized spacial score (nSPS) is 15.1. The van der Waals surface area contributed by atoms with Gasteiger partial charge in [-0.1, -0.05) is 47.5 Å². The van der Waals surface area contributed by atoms with Crippen molar-refractivity contribution in [3.63, 3.8) is 0 Å². The minimum Gasteiger partial charge on any atom is -0.343 e. The van der Waals surface area contributed by atoms with Crippen LogP contribution in [0.15, 0.2) is 65.7 Å². The Morgan fingerprint density at radius 2 is 1.78 bits per heavy atom. The summed E-state index contributed by atoms with van der Waals surface area (Å²) in [5, 5.41) is 11.7. The summed E-state index contributed by atoms with van der Waals surface area (Å²) in [6, 6.07) is 14.9. The molecule has 3 aromatic rings. The molecule has 1 aromatic heterocycles. The maximum absolute atomic E-state index is 12.9. The van der Waals surface area contributed by atoms with Gasteiger partial charge >= 0.3 is 0 Å². The molecule has 7 nitrogen and oxygen atoms in total. The van der Waals surface area contributed by atoms with Gasteiger partial charge in [-0.25, -0.2) is 0 Å². The minimum absolute atomic E-state index is 0.0207. The Hall–Kier alpha value is -3.07. The van der Waals surface area contributed by atoms with Crippen LogP contribution in [0.5, 0.6) is 0 Å². The van der Waals surface area contributed by atoms with E-state index in [0.717, 1.165) is 16.7 Å². The molecule has 4 rings (SSSR count). The molecule has 1 aliphatic heterocycles. The number of aromatic nitrogens is 1. The Labute approximate surface area is 197 Å². The summed E-state index contributed by atoms with van der Waals surface area (Å²) in [7, 11) is 0. The number of hydrogen-bond donors (Lipinski definition) is 0. The topological polar surface area (TPSA) is 85.5 Å². The molecule has 32 heavy (non-hydrogen) atoms. The molecule has 0 spiro atoms. The molecule has 0 aliphatic carbocycles. The standard InChI is InChI=1S/C22H15Cl2N3O4S/c23-16-8-7-14(18(24)10-16)13-26-21(28)20(32-22(26)29)11-17-5-3-9-25(17)12-15-4-1-2-6-19(15)27(30)31/h1-11H,12-13H2/b20-11+. The van der Waals surface area contributed by atoms with Gasteiger partial charge in [0.05, 0.1) is 22.9 Å². The summed E-state index contributed by atoms with van der Waals surface area (Å²) in [4.78, 5) is 37.6. The molecule has 0 N–H and O–H groups in total. The van der Waals surface area contributed by atoms with Gasteiger partial charge in [0.25, 0.3) is 16.8 Å². The Balaban J connectivity index is 1.57. The van der Waals surface area contributed by atoms with Gasteiger partial charge < -0.3 is 4.57 Å². The Bertz CT molecular complexity index is 1270. The number of thioether (sulfide) groups is 1. The molecule has 10 heteroatoms. The van der Waals surface area contributed by atoms with Gasteiger partial charge in [-0.05, 0) is 47.7 Å². The molecule has 0 radical (unpaired) electrons. The molecule has 2 aromatic carbocycles. The third-order valence-electron chi connectivity index (χ3n) is 4.89. The van der Waals surface area contributed by atoms with E-state index >= 15 is 0 Å². The second-order valence-corrected chi connectivity index (χ2v) is 8.79. The largest absolute Gasteiger partial charge is 0.343 e. The number of halogens is 2. The molecule has 1 fully saturated rings. The number of amides is 2. The lowest BCUT2D eigenvalue weighted by atomic mass is 10.2. The number of benzene rings is 2. The lowest BCUT2D eigenvalue weighted by molar-refractivity contribution is -0.385. The number of imide groups is 1. The van der Waals surface area contributed by atoms with E-state index < -0.39 is 16.1 Å². The summed E-state index contributed by atoms with van der Waals surface area (Å²) in [5.41, 5.74) is 1.82. The van der Waals surface area contributed by atoms with Crippen LogP contribution < -0.4 is 0 Å². The molecule has 2 amide bonds. The molecular weight excluding hydrogens is 473 g/mol. The van der Waals surface area contributed by atoms with Crippen molar-refractivity contribution in [1.82, 2.24) is 9.47 Å². The van der Waals surface area contributed by atoms with Crippen molar-refractivity contribution in [3.05, 3.63) is 103 Å². The van der Waals surface area contributed by atoms with E-state index in [4.69, 9.17) is 23.2 Å². The summed E-state index contributed by atoms with van der Waals surface area (Å²) in [6.07, 6.45) is 3.38. The zero-order valence-corrected chi connectivity index (χ0v) is 18.7. The summed E-state index contributed by atoms with van der Waals surface area (Å²) in [6.45, 7) is 0.287. The van der Waals surface area contributed by atoms with E-state index in [-0.39, 0.29) is 23.7 Å². The van der Waals surface area contributed by atoms with Crippen LogP contribution in [-0.2, 0) is 17.9 Å². The first-order valence-electron chi connectivity index (χ1n) is 9.40. The van der Waals surface area contributed by atoms with E-state index in [1.807, 2.05) is 0 Å². The quantitative estimate of drug-likeness (QED) is 0.242. The van der Waals surface area contributed by atoms with E-state index in [9.17, 15) is 19.7 Å². The number of nitro groups is 1. The average molecular weight is 488 g/mol. The maximum Gasteiger partial charge on any atom is 0.293 e. The van der Waals surface area contributed by atoms with Gasteiger partial charge in [0, 0.05) is 33.6 Å². The van der Waals surface area contributed by atoms with Gasteiger partial charge in [-0.2, -0.15) is 0 Å². The van der Waals surface area contributed by atoms with Gasteiger partial charge in [0.15, 0.2) is 0 Å². The van der Waals surface area contributed by atoms with Crippen molar-refractivity contribution in [2.24, 2.45) is 0 Å². The molecule has 0 unspecified atom stereocenters. The number of rotatable bonds is 6. The summed E-state index contributed by atoms with van der Waals surface area (Å²) < 4.78 is 1.78. The highest BCUT2D eigenvalue weighted by Gasteiger charge is 2.35. The van der Waals surface area contributed by atoms with Crippen molar-refractivity contribution in [2.75, 3.05) is 0 Å². The third kappa shape index (κ3) is 4.57. The summed E-state index contributed by atoms with van der Waals surface area (Å²) >= 11 is 12.9. The maximum atomic E-state index is 12.9. The molecule has 162 valence electrons. The first-order valence-corrected chi connectivity index (χ1v) is 11.0. The lowest BCUT2D eigenvalue weighted by Gasteiger charge is -2.13. The third-order valence-corrected chi connectivity index (χ3v) is 6.38. The van der Waals surface area contributed by atoms with Crippen LogP contribution >= 0.6 is 35.0 Å². The van der Waals surface area contributed by atoms with Crippen LogP contribution in [0.4, 0.5) is 10.5 Å². The van der Waals surface area contributed by atoms with Crippen LogP contribution in [0.2, 0.25) is 10.0 Å². The van der Waals surface area contributed by atoms with Crippen molar-refractivity contribution in [2.45, 2.75) is 13.1 Å². The fraction of sp³-hybridized carbons (Fsp3) is 0.0909. The highest BCUT2D eigenvalue weighted by atomic mass is 35.5. The molecule has 1 aliphatic rings. The van der Waals surface area contributed by atoms with E-state index in [0.29, 0.717) is 26.9 Å². The molecular formula is C22H15Cl2N3O4S. The Morgan fingerprint density at radius 1 is 1.00 bits per heavy atom. The Morgan fingerprint density at radius 3 is 2.53 bits per heavy atom. The number of carbonyl (C=O) groups is 2. The van der Waals surface area contributed by atoms with Crippen LogP contribution in [0.25, 0.3) is 6.08 Å².